The molecule has 2 atom stereocenters. The van der Waals surface area contributed by atoms with E-state index in [9.17, 15) is 13.2 Å². The van der Waals surface area contributed by atoms with Crippen LogP contribution in [0.4, 0.5) is 13.2 Å². The number of halogens is 3. The van der Waals surface area contributed by atoms with Gasteiger partial charge in [-0.05, 0) is 25.3 Å². The Morgan fingerprint density at radius 3 is 2.67 bits per heavy atom. The van der Waals surface area contributed by atoms with Crippen LogP contribution in [0.25, 0.3) is 0 Å². The van der Waals surface area contributed by atoms with Gasteiger partial charge in [-0.25, -0.2) is 13.2 Å². The second-order valence-electron chi connectivity index (χ2n) is 4.65. The fourth-order valence-electron chi connectivity index (χ4n) is 2.08. The number of hydrogen-bond donors (Lipinski definition) is 1. The minimum Gasteiger partial charge on any atom is -0.381 e. The van der Waals surface area contributed by atoms with Crippen molar-refractivity contribution >= 4 is 0 Å². The van der Waals surface area contributed by atoms with Crippen molar-refractivity contribution in [1.29, 1.82) is 0 Å². The van der Waals surface area contributed by atoms with Gasteiger partial charge in [0.25, 0.3) is 0 Å². The van der Waals surface area contributed by atoms with Crippen molar-refractivity contribution in [3.8, 4) is 0 Å². The molecule has 1 aromatic carbocycles. The molecule has 0 saturated carbocycles. The quantitative estimate of drug-likeness (QED) is 0.839. The van der Waals surface area contributed by atoms with Gasteiger partial charge in [0.2, 0.25) is 0 Å². The topological polar surface area (TPSA) is 21.3 Å². The number of hydrogen-bond acceptors (Lipinski definition) is 2. The van der Waals surface area contributed by atoms with Crippen molar-refractivity contribution in [3.63, 3.8) is 0 Å². The zero-order valence-electron chi connectivity index (χ0n) is 10.2. The van der Waals surface area contributed by atoms with Gasteiger partial charge >= 0.3 is 0 Å². The van der Waals surface area contributed by atoms with E-state index in [1.807, 2.05) is 6.92 Å². The summed E-state index contributed by atoms with van der Waals surface area (Å²) in [6.45, 7) is 3.60. The highest BCUT2D eigenvalue weighted by molar-refractivity contribution is 5.20. The minimum absolute atomic E-state index is 0.139. The number of benzene rings is 1. The molecule has 100 valence electrons. The zero-order valence-corrected chi connectivity index (χ0v) is 10.2. The van der Waals surface area contributed by atoms with E-state index in [1.165, 1.54) is 0 Å². The maximum Gasteiger partial charge on any atom is 0.161 e. The van der Waals surface area contributed by atoms with Crippen LogP contribution < -0.4 is 5.32 Å². The molecule has 1 heterocycles. The average Bonchev–Trinajstić information content (AvgIpc) is 2.85. The van der Waals surface area contributed by atoms with E-state index < -0.39 is 17.5 Å². The van der Waals surface area contributed by atoms with E-state index in [-0.39, 0.29) is 18.2 Å². The van der Waals surface area contributed by atoms with Gasteiger partial charge in [0.15, 0.2) is 11.6 Å². The first kappa shape index (κ1) is 13.4. The van der Waals surface area contributed by atoms with Crippen molar-refractivity contribution < 1.29 is 17.9 Å². The number of rotatable bonds is 4. The minimum atomic E-state index is -1.16. The molecule has 1 aliphatic heterocycles. The smallest absolute Gasteiger partial charge is 0.161 e. The molecule has 0 bridgehead atoms. The van der Waals surface area contributed by atoms with Gasteiger partial charge in [-0.1, -0.05) is 0 Å². The molecule has 0 radical (unpaired) electrons. The highest BCUT2D eigenvalue weighted by atomic mass is 19.2. The van der Waals surface area contributed by atoms with E-state index in [1.54, 1.807) is 0 Å². The molecule has 0 aliphatic carbocycles. The zero-order chi connectivity index (χ0) is 13.1. The summed E-state index contributed by atoms with van der Waals surface area (Å²) in [5, 5.41) is 3.12. The van der Waals surface area contributed by atoms with E-state index in [4.69, 9.17) is 4.74 Å². The summed E-state index contributed by atoms with van der Waals surface area (Å²) in [6.07, 6.45) is 0.967. The monoisotopic (exact) mass is 259 g/mol. The number of ether oxygens (including phenoxy) is 1. The Morgan fingerprint density at radius 2 is 2.00 bits per heavy atom. The summed E-state index contributed by atoms with van der Waals surface area (Å²) in [7, 11) is 0. The lowest BCUT2D eigenvalue weighted by molar-refractivity contribution is 0.178. The Hall–Kier alpha value is -1.07. The van der Waals surface area contributed by atoms with Crippen LogP contribution in [-0.2, 0) is 11.3 Å². The molecular formula is C13H16F3NO. The molecule has 2 unspecified atom stereocenters. The summed E-state index contributed by atoms with van der Waals surface area (Å²) in [5.41, 5.74) is 0.139. The SMILES string of the molecule is CC(NCc1cc(F)c(F)cc1F)C1CCOC1. The first-order valence-electron chi connectivity index (χ1n) is 6.02. The normalized spacial score (nSPS) is 21.2. The lowest BCUT2D eigenvalue weighted by Crippen LogP contribution is -2.33. The first-order chi connectivity index (χ1) is 8.58. The van der Waals surface area contributed by atoms with Crippen LogP contribution in [0.5, 0.6) is 0 Å². The Bertz CT molecular complexity index is 419. The van der Waals surface area contributed by atoms with Crippen molar-refractivity contribution in [3.05, 3.63) is 35.1 Å². The third-order valence-corrected chi connectivity index (χ3v) is 3.38. The third kappa shape index (κ3) is 3.03. The molecule has 1 N–H and O–H groups in total. The lowest BCUT2D eigenvalue weighted by Gasteiger charge is -2.19. The Morgan fingerprint density at radius 1 is 1.28 bits per heavy atom. The molecule has 0 amide bonds. The van der Waals surface area contributed by atoms with Crippen molar-refractivity contribution in [2.75, 3.05) is 13.2 Å². The van der Waals surface area contributed by atoms with Gasteiger partial charge in [0, 0.05) is 30.8 Å². The molecule has 18 heavy (non-hydrogen) atoms. The lowest BCUT2D eigenvalue weighted by atomic mass is 10.0. The van der Waals surface area contributed by atoms with Crippen LogP contribution in [0.3, 0.4) is 0 Å². The third-order valence-electron chi connectivity index (χ3n) is 3.38. The molecule has 0 spiro atoms. The molecule has 2 rings (SSSR count). The molecule has 1 fully saturated rings. The van der Waals surface area contributed by atoms with E-state index in [0.717, 1.165) is 19.1 Å². The van der Waals surface area contributed by atoms with Gasteiger partial charge in [0.05, 0.1) is 6.61 Å². The Kier molecular flexibility index (Phi) is 4.24. The van der Waals surface area contributed by atoms with E-state index >= 15 is 0 Å². The second kappa shape index (κ2) is 5.71. The van der Waals surface area contributed by atoms with Crippen LogP contribution >= 0.6 is 0 Å². The molecular weight excluding hydrogens is 243 g/mol. The molecule has 1 aliphatic rings. The van der Waals surface area contributed by atoms with Crippen LogP contribution in [0.1, 0.15) is 18.9 Å². The molecule has 1 saturated heterocycles. The van der Waals surface area contributed by atoms with E-state index in [0.29, 0.717) is 18.6 Å². The highest BCUT2D eigenvalue weighted by Gasteiger charge is 2.22. The summed E-state index contributed by atoms with van der Waals surface area (Å²) in [6, 6.07) is 1.63. The largest absolute Gasteiger partial charge is 0.381 e. The van der Waals surface area contributed by atoms with Gasteiger partial charge in [-0.15, -0.1) is 0 Å². The molecule has 2 nitrogen and oxygen atoms in total. The van der Waals surface area contributed by atoms with E-state index in [2.05, 4.69) is 5.32 Å². The van der Waals surface area contributed by atoms with Gasteiger partial charge in [-0.3, -0.25) is 0 Å². The second-order valence-corrected chi connectivity index (χ2v) is 4.65. The van der Waals surface area contributed by atoms with Crippen LogP contribution in [0.2, 0.25) is 0 Å². The maximum atomic E-state index is 13.4. The van der Waals surface area contributed by atoms with Crippen molar-refractivity contribution in [2.24, 2.45) is 5.92 Å². The molecule has 0 aromatic heterocycles. The Balaban J connectivity index is 1.95. The molecule has 5 heteroatoms. The highest BCUT2D eigenvalue weighted by Crippen LogP contribution is 2.18. The van der Waals surface area contributed by atoms with Gasteiger partial charge in [-0.2, -0.15) is 0 Å². The summed E-state index contributed by atoms with van der Waals surface area (Å²) >= 11 is 0. The summed E-state index contributed by atoms with van der Waals surface area (Å²) in [4.78, 5) is 0. The predicted molar refractivity (Wildman–Crippen MR) is 61.5 cm³/mol. The first-order valence-corrected chi connectivity index (χ1v) is 6.02. The fraction of sp³-hybridized carbons (Fsp3) is 0.538. The fourth-order valence-corrected chi connectivity index (χ4v) is 2.08. The molecule has 1 aromatic rings. The summed E-state index contributed by atoms with van der Waals surface area (Å²) < 4.78 is 44.4. The van der Waals surface area contributed by atoms with Gasteiger partial charge in [0.1, 0.15) is 5.82 Å². The maximum absolute atomic E-state index is 13.4. The van der Waals surface area contributed by atoms with Crippen molar-refractivity contribution in [2.45, 2.75) is 25.9 Å². The van der Waals surface area contributed by atoms with Crippen molar-refractivity contribution in [1.82, 2.24) is 5.32 Å². The summed E-state index contributed by atoms with van der Waals surface area (Å²) in [5.74, 6) is -2.52. The standard InChI is InChI=1S/C13H16F3NO/c1-8(9-2-3-18-7-9)17-6-10-4-12(15)13(16)5-11(10)14/h4-5,8-9,17H,2-3,6-7H2,1H3. The van der Waals surface area contributed by atoms with Crippen LogP contribution in [0.15, 0.2) is 12.1 Å². The van der Waals surface area contributed by atoms with Crippen LogP contribution in [0, 0.1) is 23.4 Å². The average molecular weight is 259 g/mol. The predicted octanol–water partition coefficient (Wildman–Crippen LogP) is 2.62. The van der Waals surface area contributed by atoms with Crippen LogP contribution in [-0.4, -0.2) is 19.3 Å². The van der Waals surface area contributed by atoms with Gasteiger partial charge < -0.3 is 10.1 Å². The number of nitrogens with one attached hydrogen (secondary N) is 1. The Labute approximate surface area is 104 Å².